The summed E-state index contributed by atoms with van der Waals surface area (Å²) >= 11 is 0. The number of hydrogen-bond acceptors (Lipinski definition) is 2. The largest absolute Gasteiger partial charge is 0.241 e. The van der Waals surface area contributed by atoms with Crippen LogP contribution in [-0.4, -0.2) is 8.42 Å². The second-order valence-corrected chi connectivity index (χ2v) is 29.8. The molecule has 0 fully saturated rings. The molecule has 0 spiro atoms. The van der Waals surface area contributed by atoms with Gasteiger partial charge in [-0.3, -0.25) is 0 Å². The molecule has 1 unspecified atom stereocenters. The molecule has 1 N–H and O–H groups in total. The molecule has 0 aromatic heterocycles. The first-order chi connectivity index (χ1) is 40.1. The van der Waals surface area contributed by atoms with Gasteiger partial charge in [-0.25, -0.2) is 13.1 Å². The average Bonchev–Trinajstić information content (AvgIpc) is 1.42. The predicted molar refractivity (Wildman–Crippen MR) is 338 cm³/mol. The standard InChI is InChI=1S/C77H15NO2S/c79-81(80,16-8-2-1-3-9-16)78-76(15-11-10-13-6-4-5-7-14(13)12-15)77-73-69-63-49-41-33-21-18-17-19-22(21)34-36-32-26(19)28-24-20(17)23-27-25(18)31-35(33)47(49)55-53-39(31)37(27)45-43-29(23)30(24)44-46-38(28)40(32)54-56-48(36)50(42(34)41)64(63)70(73)66(56)68-60(54)58(46)62-52(44)51(43)61-57(45)59(53)67(65(55)69)74(77)71(61)72(62)75(68)77/h1-12,73,76,78H. The monoisotopic (exact) mass is 1020 g/mol. The summed E-state index contributed by atoms with van der Waals surface area (Å²) in [5, 5.41) is 85.8. The maximum Gasteiger partial charge on any atom is 0.241 e. The summed E-state index contributed by atoms with van der Waals surface area (Å²) in [5.74, 6) is -0.141. The van der Waals surface area contributed by atoms with Crippen LogP contribution in [0.15, 0.2) is 77.7 Å². The Morgan fingerprint density at radius 2 is 0.543 bits per heavy atom. The maximum absolute atomic E-state index is 16.2. The van der Waals surface area contributed by atoms with Gasteiger partial charge >= 0.3 is 0 Å². The van der Waals surface area contributed by atoms with Gasteiger partial charge in [-0.1, -0.05) is 54.6 Å². The van der Waals surface area contributed by atoms with Crippen LogP contribution in [-0.2, 0) is 15.4 Å². The molecule has 0 saturated carbocycles. The smallest absolute Gasteiger partial charge is 0.207 e. The first-order valence-electron chi connectivity index (χ1n) is 29.4. The van der Waals surface area contributed by atoms with Crippen LogP contribution in [0.25, 0.3) is 302 Å². The molecule has 1 atom stereocenters. The van der Waals surface area contributed by atoms with Gasteiger partial charge in [0, 0.05) is 5.92 Å². The SMILES string of the molecule is O=S(=O)(NC(c1ccc2ccccc2c1)C12c3c4c5c6c7c8c(c9c%10c1c1c3c3c%11c4c4c5c5c7c7c%12c8c8c9c9c%10c%10c1c1c3c3c%11c%11c4c4c5c7c5c7c%12c8c8c9c9c%10c1c1c3c3c%11c4c5c4c7c8c9c1c34)C62)c1ccccc1. The third-order valence-electron chi connectivity index (χ3n) is 27.1. The Bertz CT molecular complexity index is 8120. The third-order valence-corrected chi connectivity index (χ3v) is 28.5. The van der Waals surface area contributed by atoms with Gasteiger partial charge < -0.3 is 0 Å². The Labute approximate surface area is 444 Å². The molecule has 0 radical (unpaired) electrons. The normalized spacial score (nSPS) is 20.1. The summed E-state index contributed by atoms with van der Waals surface area (Å²) in [6.45, 7) is 0. The molecule has 4 heteroatoms. The fraction of sp³-hybridized carbons (Fsp3) is 0.0390. The molecule has 346 valence electrons. The molecular weight excluding hydrogens is 1000 g/mol. The van der Waals surface area contributed by atoms with E-state index in [-0.39, 0.29) is 5.92 Å². The Morgan fingerprint density at radius 3 is 0.877 bits per heavy atom. The highest BCUT2D eigenvalue weighted by molar-refractivity contribution is 7.89. The van der Waals surface area contributed by atoms with Gasteiger partial charge in [0.25, 0.3) is 0 Å². The number of rotatable bonds is 5. The Balaban J connectivity index is 1.02. The maximum atomic E-state index is 16.2. The van der Waals surface area contributed by atoms with Crippen molar-refractivity contribution < 1.29 is 8.42 Å². The minimum Gasteiger partial charge on any atom is -0.207 e. The van der Waals surface area contributed by atoms with Gasteiger partial charge in [0.2, 0.25) is 10.0 Å². The molecule has 0 heterocycles. The number of hydrogen-bond donors (Lipinski definition) is 1. The van der Waals surface area contributed by atoms with E-state index in [0.29, 0.717) is 4.90 Å². The van der Waals surface area contributed by atoms with Crippen LogP contribution in [0.3, 0.4) is 0 Å². The third kappa shape index (κ3) is 2.00. The van der Waals surface area contributed by atoms with Crippen LogP contribution in [0, 0.1) is 0 Å². The number of fused-ring (bicyclic) bond motifs is 1. The number of benzene rings is 21. The summed E-state index contributed by atoms with van der Waals surface area (Å²) in [7, 11) is -4.14. The van der Waals surface area contributed by atoms with Crippen molar-refractivity contribution in [1.29, 1.82) is 0 Å². The van der Waals surface area contributed by atoms with E-state index in [1.165, 1.54) is 146 Å². The minimum atomic E-state index is -4.14. The van der Waals surface area contributed by atoms with E-state index in [1.54, 1.807) is 172 Å². The fourth-order valence-electron chi connectivity index (χ4n) is 26.3. The molecule has 81 heavy (non-hydrogen) atoms. The van der Waals surface area contributed by atoms with E-state index in [4.69, 9.17) is 0 Å². The van der Waals surface area contributed by atoms with E-state index in [0.717, 1.165) is 10.9 Å². The van der Waals surface area contributed by atoms with Gasteiger partial charge in [-0.05, 0) is 348 Å². The van der Waals surface area contributed by atoms with Crippen molar-refractivity contribution >= 4 is 312 Å². The van der Waals surface area contributed by atoms with Crippen LogP contribution in [0.2, 0.25) is 0 Å². The average molecular weight is 1020 g/mol. The fourth-order valence-corrected chi connectivity index (χ4v) is 27.6. The zero-order chi connectivity index (χ0) is 49.1. The van der Waals surface area contributed by atoms with E-state index in [2.05, 4.69) is 47.2 Å². The molecule has 4 aliphatic carbocycles. The van der Waals surface area contributed by atoms with Crippen molar-refractivity contribution in [3.8, 4) is 0 Å². The van der Waals surface area contributed by atoms with Crippen molar-refractivity contribution in [3.63, 3.8) is 0 Å². The highest BCUT2D eigenvalue weighted by Gasteiger charge is 2.66. The lowest BCUT2D eigenvalue weighted by atomic mass is 9.53. The van der Waals surface area contributed by atoms with Crippen LogP contribution in [0.4, 0.5) is 0 Å². The van der Waals surface area contributed by atoms with E-state index >= 15 is 8.42 Å². The molecule has 0 amide bonds. The zero-order valence-electron chi connectivity index (χ0n) is 41.3. The summed E-state index contributed by atoms with van der Waals surface area (Å²) in [5.41, 5.74) is 6.11. The van der Waals surface area contributed by atoms with Crippen LogP contribution in [0.1, 0.15) is 39.8 Å². The second-order valence-electron chi connectivity index (χ2n) is 28.1. The van der Waals surface area contributed by atoms with Crippen molar-refractivity contribution in [1.82, 2.24) is 4.72 Å². The molecule has 0 bridgehead atoms. The summed E-state index contributed by atoms with van der Waals surface area (Å²) in [4.78, 5) is 0.319. The molecule has 0 saturated heterocycles. The lowest BCUT2D eigenvalue weighted by Crippen LogP contribution is -2.49. The van der Waals surface area contributed by atoms with E-state index < -0.39 is 21.5 Å². The summed E-state index contributed by atoms with van der Waals surface area (Å²) < 4.78 is 36.3. The van der Waals surface area contributed by atoms with Gasteiger partial charge in [-0.2, -0.15) is 0 Å². The lowest BCUT2D eigenvalue weighted by Gasteiger charge is -2.50. The summed E-state index contributed by atoms with van der Waals surface area (Å²) in [6, 6.07) is 24.4. The first kappa shape index (κ1) is 32.4. The topological polar surface area (TPSA) is 46.2 Å². The molecular formula is C77H15NO2S. The lowest BCUT2D eigenvalue weighted by molar-refractivity contribution is 0.363. The molecule has 31 aromatic carbocycles. The van der Waals surface area contributed by atoms with Gasteiger partial charge in [-0.15, -0.1) is 0 Å². The first-order valence-corrected chi connectivity index (χ1v) is 30.9. The van der Waals surface area contributed by atoms with Gasteiger partial charge in [0.05, 0.1) is 16.4 Å². The van der Waals surface area contributed by atoms with E-state index in [1.807, 2.05) is 30.3 Å². The number of nitrogens with one attached hydrogen (secondary N) is 1. The van der Waals surface area contributed by atoms with Crippen LogP contribution >= 0.6 is 0 Å². The Morgan fingerprint density at radius 1 is 0.284 bits per heavy atom. The molecule has 4 aliphatic rings. The van der Waals surface area contributed by atoms with Gasteiger partial charge in [0.1, 0.15) is 0 Å². The highest BCUT2D eigenvalue weighted by atomic mass is 32.2. The Kier molecular flexibility index (Phi) is 3.14. The quantitative estimate of drug-likeness (QED) is 0.175. The van der Waals surface area contributed by atoms with Crippen LogP contribution < -0.4 is 4.72 Å². The minimum absolute atomic E-state index is 0.141. The molecule has 3 nitrogen and oxygen atoms in total. The highest BCUT2D eigenvalue weighted by Crippen LogP contribution is 2.84. The van der Waals surface area contributed by atoms with Crippen molar-refractivity contribution in [3.05, 3.63) is 101 Å². The Hall–Kier alpha value is -9.71. The molecule has 0 aliphatic heterocycles. The number of sulfonamides is 1. The van der Waals surface area contributed by atoms with E-state index in [9.17, 15) is 0 Å². The second kappa shape index (κ2) is 7.85. The summed E-state index contributed by atoms with van der Waals surface area (Å²) in [6.07, 6.45) is 0. The molecule has 31 aromatic rings. The van der Waals surface area contributed by atoms with Crippen LogP contribution in [0.5, 0.6) is 0 Å². The van der Waals surface area contributed by atoms with Crippen molar-refractivity contribution in [2.45, 2.75) is 22.3 Å². The zero-order valence-corrected chi connectivity index (χ0v) is 42.1. The molecule has 35 rings (SSSR count). The van der Waals surface area contributed by atoms with Crippen molar-refractivity contribution in [2.75, 3.05) is 0 Å². The van der Waals surface area contributed by atoms with Crippen molar-refractivity contribution in [2.24, 2.45) is 0 Å². The van der Waals surface area contributed by atoms with Gasteiger partial charge in [0.15, 0.2) is 0 Å². The predicted octanol–water partition coefficient (Wildman–Crippen LogP) is 20.0.